The number of phenols is 1. The maximum atomic E-state index is 9.96. The summed E-state index contributed by atoms with van der Waals surface area (Å²) >= 11 is 5.87. The third-order valence-electron chi connectivity index (χ3n) is 3.29. The molecule has 2 N–H and O–H groups in total. The summed E-state index contributed by atoms with van der Waals surface area (Å²) in [7, 11) is 0. The molecular formula is C16H18ClNO. The van der Waals surface area contributed by atoms with Crippen LogP contribution in [0.1, 0.15) is 29.7 Å². The standard InChI is InChI=1S/C16H18ClNO/c1-11-4-3-5-14(16(11)19)10-18-12(2)13-6-8-15(17)9-7-13/h3-9,12,18-19H,10H2,1-2H3. The number of hydrogen-bond donors (Lipinski definition) is 2. The molecular weight excluding hydrogens is 258 g/mol. The van der Waals surface area contributed by atoms with Gasteiger partial charge in [0.05, 0.1) is 0 Å². The molecule has 0 spiro atoms. The van der Waals surface area contributed by atoms with Crippen LogP contribution in [0, 0.1) is 6.92 Å². The lowest BCUT2D eigenvalue weighted by atomic mass is 10.1. The van der Waals surface area contributed by atoms with Crippen LogP contribution in [-0.4, -0.2) is 5.11 Å². The minimum Gasteiger partial charge on any atom is -0.507 e. The highest BCUT2D eigenvalue weighted by Crippen LogP contribution is 2.22. The van der Waals surface area contributed by atoms with Gasteiger partial charge in [-0.15, -0.1) is 0 Å². The van der Waals surface area contributed by atoms with E-state index in [4.69, 9.17) is 11.6 Å². The Labute approximate surface area is 119 Å². The second-order valence-corrected chi connectivity index (χ2v) is 5.17. The molecule has 1 unspecified atom stereocenters. The predicted molar refractivity (Wildman–Crippen MR) is 79.6 cm³/mol. The van der Waals surface area contributed by atoms with Crippen molar-refractivity contribution >= 4 is 11.6 Å². The van der Waals surface area contributed by atoms with Gasteiger partial charge in [-0.2, -0.15) is 0 Å². The fraction of sp³-hybridized carbons (Fsp3) is 0.250. The third kappa shape index (κ3) is 3.49. The number of para-hydroxylation sites is 1. The van der Waals surface area contributed by atoms with Crippen molar-refractivity contribution in [2.24, 2.45) is 0 Å². The van der Waals surface area contributed by atoms with Crippen LogP contribution in [0.4, 0.5) is 0 Å². The van der Waals surface area contributed by atoms with Crippen LogP contribution in [0.15, 0.2) is 42.5 Å². The SMILES string of the molecule is Cc1cccc(CNC(C)c2ccc(Cl)cc2)c1O. The van der Waals surface area contributed by atoms with Gasteiger partial charge < -0.3 is 10.4 Å². The number of phenolic OH excluding ortho intramolecular Hbond substituents is 1. The summed E-state index contributed by atoms with van der Waals surface area (Å²) in [5, 5.41) is 14.1. The molecule has 2 aromatic carbocycles. The Morgan fingerprint density at radius 3 is 2.53 bits per heavy atom. The third-order valence-corrected chi connectivity index (χ3v) is 3.54. The number of benzene rings is 2. The highest BCUT2D eigenvalue weighted by molar-refractivity contribution is 6.30. The summed E-state index contributed by atoms with van der Waals surface area (Å²) < 4.78 is 0. The van der Waals surface area contributed by atoms with Gasteiger partial charge in [0.25, 0.3) is 0 Å². The van der Waals surface area contributed by atoms with Crippen molar-refractivity contribution in [3.05, 3.63) is 64.2 Å². The summed E-state index contributed by atoms with van der Waals surface area (Å²) in [6.07, 6.45) is 0. The van der Waals surface area contributed by atoms with Crippen LogP contribution in [-0.2, 0) is 6.54 Å². The van der Waals surface area contributed by atoms with Crippen LogP contribution in [0.5, 0.6) is 5.75 Å². The Bertz CT molecular complexity index is 551. The van der Waals surface area contributed by atoms with E-state index < -0.39 is 0 Å². The molecule has 0 heterocycles. The van der Waals surface area contributed by atoms with E-state index in [1.165, 1.54) is 5.56 Å². The van der Waals surface area contributed by atoms with E-state index in [1.807, 2.05) is 49.4 Å². The molecule has 0 saturated heterocycles. The molecule has 0 aliphatic carbocycles. The van der Waals surface area contributed by atoms with Gasteiger partial charge in [-0.25, -0.2) is 0 Å². The predicted octanol–water partition coefficient (Wildman–Crippen LogP) is 4.20. The lowest BCUT2D eigenvalue weighted by Gasteiger charge is -2.15. The molecule has 19 heavy (non-hydrogen) atoms. The van der Waals surface area contributed by atoms with E-state index in [1.54, 1.807) is 0 Å². The van der Waals surface area contributed by atoms with E-state index in [9.17, 15) is 5.11 Å². The van der Waals surface area contributed by atoms with Crippen LogP contribution >= 0.6 is 11.6 Å². The van der Waals surface area contributed by atoms with Crippen molar-refractivity contribution in [2.75, 3.05) is 0 Å². The topological polar surface area (TPSA) is 32.3 Å². The Morgan fingerprint density at radius 2 is 1.84 bits per heavy atom. The van der Waals surface area contributed by atoms with Gasteiger partial charge in [0.2, 0.25) is 0 Å². The zero-order valence-corrected chi connectivity index (χ0v) is 11.9. The molecule has 0 aromatic heterocycles. The van der Waals surface area contributed by atoms with Crippen LogP contribution in [0.2, 0.25) is 5.02 Å². The molecule has 0 aliphatic rings. The molecule has 100 valence electrons. The number of aryl methyl sites for hydroxylation is 1. The number of nitrogens with one attached hydrogen (secondary N) is 1. The Morgan fingerprint density at radius 1 is 1.16 bits per heavy atom. The summed E-state index contributed by atoms with van der Waals surface area (Å²) in [6.45, 7) is 4.63. The normalized spacial score (nSPS) is 12.4. The number of hydrogen-bond acceptors (Lipinski definition) is 2. The van der Waals surface area contributed by atoms with Crippen LogP contribution in [0.3, 0.4) is 0 Å². The molecule has 1 atom stereocenters. The lowest BCUT2D eigenvalue weighted by Crippen LogP contribution is -2.18. The van der Waals surface area contributed by atoms with Gasteiger partial charge in [-0.1, -0.05) is 41.9 Å². The van der Waals surface area contributed by atoms with Gasteiger partial charge in [-0.05, 0) is 37.1 Å². The van der Waals surface area contributed by atoms with Crippen LogP contribution in [0.25, 0.3) is 0 Å². The van der Waals surface area contributed by atoms with Gasteiger partial charge >= 0.3 is 0 Å². The second-order valence-electron chi connectivity index (χ2n) is 4.74. The quantitative estimate of drug-likeness (QED) is 0.876. The first-order valence-corrected chi connectivity index (χ1v) is 6.72. The zero-order valence-electron chi connectivity index (χ0n) is 11.2. The fourth-order valence-electron chi connectivity index (χ4n) is 1.99. The van der Waals surface area contributed by atoms with Gasteiger partial charge in [0, 0.05) is 23.2 Å². The lowest BCUT2D eigenvalue weighted by molar-refractivity contribution is 0.456. The molecule has 0 aliphatic heterocycles. The summed E-state index contributed by atoms with van der Waals surface area (Å²) in [4.78, 5) is 0. The Balaban J connectivity index is 2.02. The monoisotopic (exact) mass is 275 g/mol. The van der Waals surface area contributed by atoms with Crippen molar-refractivity contribution in [1.29, 1.82) is 0 Å². The van der Waals surface area contributed by atoms with Gasteiger partial charge in [0.1, 0.15) is 5.75 Å². The summed E-state index contributed by atoms with van der Waals surface area (Å²) in [6, 6.07) is 13.8. The van der Waals surface area contributed by atoms with E-state index >= 15 is 0 Å². The van der Waals surface area contributed by atoms with Crippen molar-refractivity contribution in [3.63, 3.8) is 0 Å². The Kier molecular flexibility index (Phi) is 4.46. The maximum Gasteiger partial charge on any atom is 0.122 e. The van der Waals surface area contributed by atoms with E-state index in [0.717, 1.165) is 16.1 Å². The molecule has 0 saturated carbocycles. The highest BCUT2D eigenvalue weighted by atomic mass is 35.5. The van der Waals surface area contributed by atoms with Gasteiger partial charge in [0.15, 0.2) is 0 Å². The first kappa shape index (κ1) is 13.9. The minimum atomic E-state index is 0.206. The molecule has 0 amide bonds. The average molecular weight is 276 g/mol. The number of rotatable bonds is 4. The van der Waals surface area contributed by atoms with Crippen LogP contribution < -0.4 is 5.32 Å². The first-order chi connectivity index (χ1) is 9.08. The van der Waals surface area contributed by atoms with Crippen molar-refractivity contribution in [1.82, 2.24) is 5.32 Å². The Hall–Kier alpha value is -1.51. The van der Waals surface area contributed by atoms with E-state index in [-0.39, 0.29) is 6.04 Å². The number of halogens is 1. The zero-order chi connectivity index (χ0) is 13.8. The van der Waals surface area contributed by atoms with Gasteiger partial charge in [-0.3, -0.25) is 0 Å². The average Bonchev–Trinajstić information content (AvgIpc) is 2.41. The van der Waals surface area contributed by atoms with E-state index in [0.29, 0.717) is 12.3 Å². The first-order valence-electron chi connectivity index (χ1n) is 6.34. The molecule has 2 aromatic rings. The fourth-order valence-corrected chi connectivity index (χ4v) is 2.12. The molecule has 2 rings (SSSR count). The summed E-state index contributed by atoms with van der Waals surface area (Å²) in [5.74, 6) is 0.373. The number of aromatic hydroxyl groups is 1. The highest BCUT2D eigenvalue weighted by Gasteiger charge is 2.07. The molecule has 0 radical (unpaired) electrons. The molecule has 3 heteroatoms. The summed E-state index contributed by atoms with van der Waals surface area (Å²) in [5.41, 5.74) is 3.00. The molecule has 2 nitrogen and oxygen atoms in total. The molecule has 0 fully saturated rings. The largest absolute Gasteiger partial charge is 0.507 e. The van der Waals surface area contributed by atoms with Crippen molar-refractivity contribution < 1.29 is 5.11 Å². The van der Waals surface area contributed by atoms with Crippen molar-refractivity contribution in [3.8, 4) is 5.75 Å². The molecule has 0 bridgehead atoms. The maximum absolute atomic E-state index is 9.96. The smallest absolute Gasteiger partial charge is 0.122 e. The van der Waals surface area contributed by atoms with E-state index in [2.05, 4.69) is 12.2 Å². The van der Waals surface area contributed by atoms with Crippen molar-refractivity contribution in [2.45, 2.75) is 26.4 Å². The second kappa shape index (κ2) is 6.09. The minimum absolute atomic E-state index is 0.206.